The Kier molecular flexibility index (Phi) is 1.34. The number of aliphatic carboxylic acids is 1. The SMILES string of the molecule is NC1C2CC3C1NC(=O)C3C2C(=O)O. The number of carboxylic acid groups (broad SMARTS) is 1. The van der Waals surface area contributed by atoms with Crippen LogP contribution in [-0.4, -0.2) is 29.1 Å². The van der Waals surface area contributed by atoms with Crippen LogP contribution in [0.1, 0.15) is 6.42 Å². The van der Waals surface area contributed by atoms with E-state index in [0.717, 1.165) is 6.42 Å². The van der Waals surface area contributed by atoms with Crippen molar-refractivity contribution in [2.24, 2.45) is 29.4 Å². The molecule has 2 bridgehead atoms. The van der Waals surface area contributed by atoms with E-state index in [1.165, 1.54) is 0 Å². The lowest BCUT2D eigenvalue weighted by molar-refractivity contribution is -0.147. The van der Waals surface area contributed by atoms with Gasteiger partial charge in [0.05, 0.1) is 11.8 Å². The van der Waals surface area contributed by atoms with Crippen molar-refractivity contribution >= 4 is 11.9 Å². The highest BCUT2D eigenvalue weighted by molar-refractivity contribution is 5.89. The van der Waals surface area contributed by atoms with E-state index in [-0.39, 0.29) is 35.7 Å². The van der Waals surface area contributed by atoms with Crippen LogP contribution in [0.2, 0.25) is 0 Å². The number of carbonyl (C=O) groups excluding carboxylic acids is 1. The molecule has 1 heterocycles. The summed E-state index contributed by atoms with van der Waals surface area (Å²) in [5.41, 5.74) is 5.91. The van der Waals surface area contributed by atoms with Crippen molar-refractivity contribution in [1.29, 1.82) is 0 Å². The van der Waals surface area contributed by atoms with Gasteiger partial charge >= 0.3 is 5.97 Å². The molecule has 5 nitrogen and oxygen atoms in total. The molecule has 14 heavy (non-hydrogen) atoms. The lowest BCUT2D eigenvalue weighted by atomic mass is 9.78. The van der Waals surface area contributed by atoms with Crippen molar-refractivity contribution < 1.29 is 14.7 Å². The summed E-state index contributed by atoms with van der Waals surface area (Å²) in [5.74, 6) is -1.68. The molecule has 0 radical (unpaired) electrons. The number of amides is 1. The van der Waals surface area contributed by atoms with Crippen LogP contribution in [0, 0.1) is 23.7 Å². The minimum Gasteiger partial charge on any atom is -0.481 e. The molecule has 6 atom stereocenters. The first-order valence-electron chi connectivity index (χ1n) is 4.90. The van der Waals surface area contributed by atoms with Gasteiger partial charge in [0.15, 0.2) is 0 Å². The summed E-state index contributed by atoms with van der Waals surface area (Å²) < 4.78 is 0. The van der Waals surface area contributed by atoms with E-state index in [9.17, 15) is 9.59 Å². The minimum absolute atomic E-state index is 0.00792. The largest absolute Gasteiger partial charge is 0.481 e. The summed E-state index contributed by atoms with van der Waals surface area (Å²) in [6, 6.07) is -0.128. The Morgan fingerprint density at radius 2 is 2.21 bits per heavy atom. The van der Waals surface area contributed by atoms with Gasteiger partial charge in [-0.05, 0) is 18.3 Å². The summed E-state index contributed by atoms with van der Waals surface area (Å²) in [5, 5.41) is 11.9. The van der Waals surface area contributed by atoms with Crippen molar-refractivity contribution in [3.63, 3.8) is 0 Å². The van der Waals surface area contributed by atoms with E-state index in [2.05, 4.69) is 5.32 Å². The Balaban J connectivity index is 2.04. The number of nitrogens with two attached hydrogens (primary N) is 1. The summed E-state index contributed by atoms with van der Waals surface area (Å²) in [6.45, 7) is 0. The zero-order valence-corrected chi connectivity index (χ0v) is 7.51. The normalized spacial score (nSPS) is 53.6. The van der Waals surface area contributed by atoms with Crippen LogP contribution in [0.4, 0.5) is 0 Å². The van der Waals surface area contributed by atoms with E-state index in [0.29, 0.717) is 0 Å². The van der Waals surface area contributed by atoms with Crippen molar-refractivity contribution in [3.8, 4) is 0 Å². The third-order valence-electron chi connectivity index (χ3n) is 4.12. The van der Waals surface area contributed by atoms with Gasteiger partial charge in [-0.25, -0.2) is 0 Å². The van der Waals surface area contributed by atoms with Gasteiger partial charge in [-0.1, -0.05) is 0 Å². The smallest absolute Gasteiger partial charge is 0.307 e. The van der Waals surface area contributed by atoms with E-state index in [1.807, 2.05) is 0 Å². The van der Waals surface area contributed by atoms with E-state index in [1.54, 1.807) is 0 Å². The van der Waals surface area contributed by atoms with E-state index < -0.39 is 11.9 Å². The van der Waals surface area contributed by atoms with Crippen LogP contribution in [0.5, 0.6) is 0 Å². The molecule has 6 unspecified atom stereocenters. The zero-order chi connectivity index (χ0) is 10.0. The highest BCUT2D eigenvalue weighted by Crippen LogP contribution is 2.54. The molecular weight excluding hydrogens is 184 g/mol. The van der Waals surface area contributed by atoms with Gasteiger partial charge in [-0.15, -0.1) is 0 Å². The second kappa shape index (κ2) is 2.28. The molecule has 4 N–H and O–H groups in total. The predicted molar refractivity (Wildman–Crippen MR) is 46.1 cm³/mol. The molecule has 3 rings (SSSR count). The Morgan fingerprint density at radius 3 is 2.86 bits per heavy atom. The van der Waals surface area contributed by atoms with Crippen LogP contribution < -0.4 is 11.1 Å². The summed E-state index contributed by atoms with van der Waals surface area (Å²) in [6.07, 6.45) is 0.798. The topological polar surface area (TPSA) is 92.4 Å². The quantitative estimate of drug-likeness (QED) is 0.490. The Morgan fingerprint density at radius 1 is 1.50 bits per heavy atom. The number of hydrogen-bond acceptors (Lipinski definition) is 3. The average Bonchev–Trinajstić information content (AvgIpc) is 2.67. The molecule has 1 aliphatic heterocycles. The maximum atomic E-state index is 11.5. The first kappa shape index (κ1) is 8.23. The second-order valence-corrected chi connectivity index (χ2v) is 4.56. The van der Waals surface area contributed by atoms with Crippen molar-refractivity contribution in [3.05, 3.63) is 0 Å². The number of carbonyl (C=O) groups is 2. The molecule has 0 aromatic heterocycles. The molecule has 76 valence electrons. The molecule has 5 heteroatoms. The molecule has 1 saturated heterocycles. The highest BCUT2D eigenvalue weighted by atomic mass is 16.4. The molecule has 2 aliphatic carbocycles. The van der Waals surface area contributed by atoms with E-state index >= 15 is 0 Å². The van der Waals surface area contributed by atoms with Gasteiger partial charge in [-0.3, -0.25) is 9.59 Å². The van der Waals surface area contributed by atoms with Gasteiger partial charge in [0.2, 0.25) is 5.91 Å². The molecule has 2 saturated carbocycles. The van der Waals surface area contributed by atoms with Crippen LogP contribution >= 0.6 is 0 Å². The van der Waals surface area contributed by atoms with Gasteiger partial charge in [0.1, 0.15) is 0 Å². The third kappa shape index (κ3) is 0.706. The van der Waals surface area contributed by atoms with Crippen LogP contribution in [0.25, 0.3) is 0 Å². The molecule has 0 aromatic rings. The van der Waals surface area contributed by atoms with Crippen LogP contribution in [-0.2, 0) is 9.59 Å². The zero-order valence-electron chi connectivity index (χ0n) is 7.51. The van der Waals surface area contributed by atoms with Crippen LogP contribution in [0.15, 0.2) is 0 Å². The molecule has 1 amide bonds. The number of rotatable bonds is 1. The van der Waals surface area contributed by atoms with Gasteiger partial charge in [0.25, 0.3) is 0 Å². The van der Waals surface area contributed by atoms with Crippen LogP contribution in [0.3, 0.4) is 0 Å². The molecule has 3 fully saturated rings. The average molecular weight is 196 g/mol. The fraction of sp³-hybridized carbons (Fsp3) is 0.778. The lowest BCUT2D eigenvalue weighted by Crippen LogP contribution is -2.47. The maximum absolute atomic E-state index is 11.5. The van der Waals surface area contributed by atoms with E-state index in [4.69, 9.17) is 10.8 Å². The lowest BCUT2D eigenvalue weighted by Gasteiger charge is -2.27. The Hall–Kier alpha value is -1.10. The summed E-state index contributed by atoms with van der Waals surface area (Å²) in [7, 11) is 0. The maximum Gasteiger partial charge on any atom is 0.307 e. The van der Waals surface area contributed by atoms with Crippen molar-refractivity contribution in [2.75, 3.05) is 0 Å². The number of hydrogen-bond donors (Lipinski definition) is 3. The first-order chi connectivity index (χ1) is 6.61. The minimum atomic E-state index is -0.867. The Labute approximate surface area is 80.6 Å². The number of carboxylic acids is 1. The van der Waals surface area contributed by atoms with Crippen molar-refractivity contribution in [2.45, 2.75) is 18.5 Å². The molecule has 3 aliphatic rings. The third-order valence-corrected chi connectivity index (χ3v) is 4.12. The second-order valence-electron chi connectivity index (χ2n) is 4.56. The highest BCUT2D eigenvalue weighted by Gasteiger charge is 2.65. The monoisotopic (exact) mass is 196 g/mol. The number of fused-ring (bicyclic) bond motifs is 1. The van der Waals surface area contributed by atoms with Gasteiger partial charge in [-0.2, -0.15) is 0 Å². The fourth-order valence-electron chi connectivity index (χ4n) is 3.62. The Bertz CT molecular complexity index is 330. The predicted octanol–water partition coefficient (Wildman–Crippen LogP) is -1.22. The summed E-state index contributed by atoms with van der Waals surface area (Å²) in [4.78, 5) is 22.6. The molecular formula is C9H12N2O3. The molecule has 0 spiro atoms. The summed E-state index contributed by atoms with van der Waals surface area (Å²) >= 11 is 0. The first-order valence-corrected chi connectivity index (χ1v) is 4.90. The van der Waals surface area contributed by atoms with Crippen molar-refractivity contribution in [1.82, 2.24) is 5.32 Å². The standard InChI is InChI=1S/C9H12N2O3/c10-6-2-1-3-4(5(2)9(13)14)8(12)11-7(3)6/h2-7H,1,10H2,(H,11,12)(H,13,14). The van der Waals surface area contributed by atoms with Gasteiger partial charge < -0.3 is 16.2 Å². The fourth-order valence-corrected chi connectivity index (χ4v) is 3.62. The number of nitrogens with one attached hydrogen (secondary N) is 1. The molecule has 0 aromatic carbocycles. The van der Waals surface area contributed by atoms with Gasteiger partial charge in [0, 0.05) is 12.1 Å².